The van der Waals surface area contributed by atoms with E-state index < -0.39 is 17.7 Å². The fourth-order valence-corrected chi connectivity index (χ4v) is 1.68. The first-order chi connectivity index (χ1) is 9.38. The Morgan fingerprint density at radius 3 is 2.15 bits per heavy atom. The Kier molecular flexibility index (Phi) is 3.65. The molecule has 3 nitrogen and oxygen atoms in total. The van der Waals surface area contributed by atoms with Gasteiger partial charge < -0.3 is 10.4 Å². The van der Waals surface area contributed by atoms with Crippen molar-refractivity contribution in [2.24, 2.45) is 0 Å². The summed E-state index contributed by atoms with van der Waals surface area (Å²) in [6.07, 6.45) is -4.39. The third kappa shape index (κ3) is 3.09. The highest BCUT2D eigenvalue weighted by Gasteiger charge is 2.29. The summed E-state index contributed by atoms with van der Waals surface area (Å²) < 4.78 is 37.3. The average molecular weight is 281 g/mol. The number of hydrogen-bond acceptors (Lipinski definition) is 2. The van der Waals surface area contributed by atoms with Crippen molar-refractivity contribution in [1.29, 1.82) is 0 Å². The maximum absolute atomic E-state index is 12.4. The number of nitrogens with one attached hydrogen (secondary N) is 1. The molecule has 0 atom stereocenters. The SMILES string of the molecule is O=C(O)c1ccccc1Nc1ccc(C(F)(F)F)cc1. The van der Waals surface area contributed by atoms with Gasteiger partial charge in [-0.3, -0.25) is 0 Å². The number of benzene rings is 2. The molecule has 0 spiro atoms. The van der Waals surface area contributed by atoms with Crippen LogP contribution in [0.2, 0.25) is 0 Å². The van der Waals surface area contributed by atoms with Crippen LogP contribution in [-0.2, 0) is 6.18 Å². The van der Waals surface area contributed by atoms with Crippen molar-refractivity contribution < 1.29 is 23.1 Å². The van der Waals surface area contributed by atoms with E-state index in [0.717, 1.165) is 12.1 Å². The third-order valence-electron chi connectivity index (χ3n) is 2.65. The van der Waals surface area contributed by atoms with Crippen LogP contribution in [0, 0.1) is 0 Å². The second-order valence-electron chi connectivity index (χ2n) is 4.05. The first kappa shape index (κ1) is 13.9. The van der Waals surface area contributed by atoms with Gasteiger partial charge in [0, 0.05) is 5.69 Å². The van der Waals surface area contributed by atoms with Crippen molar-refractivity contribution in [3.8, 4) is 0 Å². The van der Waals surface area contributed by atoms with E-state index in [4.69, 9.17) is 5.11 Å². The van der Waals surface area contributed by atoms with Crippen LogP contribution >= 0.6 is 0 Å². The first-order valence-electron chi connectivity index (χ1n) is 5.64. The Balaban J connectivity index is 2.25. The van der Waals surface area contributed by atoms with Crippen LogP contribution in [0.4, 0.5) is 24.5 Å². The van der Waals surface area contributed by atoms with Crippen molar-refractivity contribution in [3.63, 3.8) is 0 Å². The second-order valence-corrected chi connectivity index (χ2v) is 4.05. The lowest BCUT2D eigenvalue weighted by atomic mass is 10.1. The standard InChI is InChI=1S/C14H10F3NO2/c15-14(16,17)9-5-7-10(8-6-9)18-12-4-2-1-3-11(12)13(19)20/h1-8,18H,(H,19,20). The first-order valence-corrected chi connectivity index (χ1v) is 5.64. The summed E-state index contributed by atoms with van der Waals surface area (Å²) in [5, 5.41) is 11.8. The highest BCUT2D eigenvalue weighted by molar-refractivity contribution is 5.95. The fourth-order valence-electron chi connectivity index (χ4n) is 1.68. The summed E-state index contributed by atoms with van der Waals surface area (Å²) in [4.78, 5) is 11.0. The predicted molar refractivity (Wildman–Crippen MR) is 68.1 cm³/mol. The van der Waals surface area contributed by atoms with Gasteiger partial charge in [-0.15, -0.1) is 0 Å². The summed E-state index contributed by atoms with van der Waals surface area (Å²) in [7, 11) is 0. The van der Waals surface area contributed by atoms with Crippen LogP contribution in [0.1, 0.15) is 15.9 Å². The van der Waals surface area contributed by atoms with Gasteiger partial charge in [0.25, 0.3) is 0 Å². The van der Waals surface area contributed by atoms with Crippen molar-refractivity contribution in [2.75, 3.05) is 5.32 Å². The Morgan fingerprint density at radius 1 is 1.00 bits per heavy atom. The largest absolute Gasteiger partial charge is 0.478 e. The monoisotopic (exact) mass is 281 g/mol. The molecule has 20 heavy (non-hydrogen) atoms. The van der Waals surface area contributed by atoms with Crippen LogP contribution in [0.3, 0.4) is 0 Å². The van der Waals surface area contributed by atoms with Gasteiger partial charge in [0.05, 0.1) is 16.8 Å². The maximum atomic E-state index is 12.4. The van der Waals surface area contributed by atoms with Crippen molar-refractivity contribution >= 4 is 17.3 Å². The molecule has 2 N–H and O–H groups in total. The molecule has 0 radical (unpaired) electrons. The number of para-hydroxylation sites is 1. The summed E-state index contributed by atoms with van der Waals surface area (Å²) in [5.41, 5.74) is -0.00609. The number of carboxylic acids is 1. The fraction of sp³-hybridized carbons (Fsp3) is 0.0714. The molecule has 0 unspecified atom stereocenters. The lowest BCUT2D eigenvalue weighted by Crippen LogP contribution is -2.05. The van der Waals surface area contributed by atoms with Crippen LogP contribution in [0.5, 0.6) is 0 Å². The average Bonchev–Trinajstić information content (AvgIpc) is 2.38. The summed E-state index contributed by atoms with van der Waals surface area (Å²) in [5.74, 6) is -1.11. The molecule has 0 fully saturated rings. The van der Waals surface area contributed by atoms with E-state index in [1.807, 2.05) is 0 Å². The Bertz CT molecular complexity index is 621. The van der Waals surface area contributed by atoms with E-state index in [1.165, 1.54) is 18.2 Å². The zero-order valence-electron chi connectivity index (χ0n) is 10.1. The molecule has 0 bridgehead atoms. The third-order valence-corrected chi connectivity index (χ3v) is 2.65. The van der Waals surface area contributed by atoms with Crippen molar-refractivity contribution in [2.45, 2.75) is 6.18 Å². The van der Waals surface area contributed by atoms with Gasteiger partial charge in [-0.05, 0) is 36.4 Å². The minimum Gasteiger partial charge on any atom is -0.478 e. The molecule has 2 aromatic carbocycles. The van der Waals surface area contributed by atoms with Crippen LogP contribution in [-0.4, -0.2) is 11.1 Å². The minimum atomic E-state index is -4.39. The smallest absolute Gasteiger partial charge is 0.416 e. The van der Waals surface area contributed by atoms with Gasteiger partial charge in [-0.1, -0.05) is 12.1 Å². The number of carbonyl (C=O) groups is 1. The molecule has 0 saturated heterocycles. The number of alkyl halides is 3. The molecular formula is C14H10F3NO2. The second kappa shape index (κ2) is 5.24. The number of aromatic carboxylic acids is 1. The number of anilines is 2. The molecule has 104 valence electrons. The topological polar surface area (TPSA) is 49.3 Å². The van der Waals surface area contributed by atoms with E-state index in [-0.39, 0.29) is 5.56 Å². The highest BCUT2D eigenvalue weighted by atomic mass is 19.4. The number of carboxylic acid groups (broad SMARTS) is 1. The molecule has 0 aliphatic carbocycles. The van der Waals surface area contributed by atoms with E-state index in [2.05, 4.69) is 5.32 Å². The van der Waals surface area contributed by atoms with E-state index in [0.29, 0.717) is 11.4 Å². The highest BCUT2D eigenvalue weighted by Crippen LogP contribution is 2.30. The van der Waals surface area contributed by atoms with Gasteiger partial charge in [0.2, 0.25) is 0 Å². The predicted octanol–water partition coefficient (Wildman–Crippen LogP) is 4.15. The lowest BCUT2D eigenvalue weighted by Gasteiger charge is -2.11. The molecule has 0 heterocycles. The molecular weight excluding hydrogens is 271 g/mol. The van der Waals surface area contributed by atoms with E-state index in [9.17, 15) is 18.0 Å². The normalized spacial score (nSPS) is 11.2. The van der Waals surface area contributed by atoms with Gasteiger partial charge in [0.1, 0.15) is 0 Å². The molecule has 0 aromatic heterocycles. The van der Waals surface area contributed by atoms with E-state index >= 15 is 0 Å². The molecule has 0 saturated carbocycles. The Labute approximate surface area is 112 Å². The quantitative estimate of drug-likeness (QED) is 0.888. The summed E-state index contributed by atoms with van der Waals surface area (Å²) in [6, 6.07) is 10.5. The molecule has 2 rings (SSSR count). The van der Waals surface area contributed by atoms with Crippen molar-refractivity contribution in [1.82, 2.24) is 0 Å². The van der Waals surface area contributed by atoms with Crippen LogP contribution < -0.4 is 5.32 Å². The summed E-state index contributed by atoms with van der Waals surface area (Å²) in [6.45, 7) is 0. The number of rotatable bonds is 3. The molecule has 0 aliphatic heterocycles. The molecule has 0 amide bonds. The minimum absolute atomic E-state index is 0.0485. The van der Waals surface area contributed by atoms with Crippen LogP contribution in [0.15, 0.2) is 48.5 Å². The van der Waals surface area contributed by atoms with Gasteiger partial charge in [0.15, 0.2) is 0 Å². The summed E-state index contributed by atoms with van der Waals surface area (Å²) >= 11 is 0. The molecule has 2 aromatic rings. The number of halogens is 3. The zero-order chi connectivity index (χ0) is 14.8. The van der Waals surface area contributed by atoms with Crippen LogP contribution in [0.25, 0.3) is 0 Å². The number of hydrogen-bond donors (Lipinski definition) is 2. The van der Waals surface area contributed by atoms with Gasteiger partial charge in [-0.2, -0.15) is 13.2 Å². The maximum Gasteiger partial charge on any atom is 0.416 e. The lowest BCUT2D eigenvalue weighted by molar-refractivity contribution is -0.137. The van der Waals surface area contributed by atoms with Crippen molar-refractivity contribution in [3.05, 3.63) is 59.7 Å². The van der Waals surface area contributed by atoms with E-state index in [1.54, 1.807) is 18.2 Å². The Morgan fingerprint density at radius 2 is 1.60 bits per heavy atom. The molecule has 0 aliphatic rings. The van der Waals surface area contributed by atoms with Gasteiger partial charge in [-0.25, -0.2) is 4.79 Å². The molecule has 6 heteroatoms. The van der Waals surface area contributed by atoms with Gasteiger partial charge >= 0.3 is 12.1 Å². The zero-order valence-corrected chi connectivity index (χ0v) is 10.1. The Hall–Kier alpha value is -2.50.